The van der Waals surface area contributed by atoms with E-state index in [4.69, 9.17) is 12.2 Å². The van der Waals surface area contributed by atoms with Gasteiger partial charge in [0.1, 0.15) is 0 Å². The van der Waals surface area contributed by atoms with Crippen molar-refractivity contribution in [2.24, 2.45) is 0 Å². The first-order valence-corrected chi connectivity index (χ1v) is 6.62. The van der Waals surface area contributed by atoms with Crippen molar-refractivity contribution in [3.8, 4) is 0 Å². The highest BCUT2D eigenvalue weighted by molar-refractivity contribution is 7.80. The van der Waals surface area contributed by atoms with E-state index in [1.54, 1.807) is 12.1 Å². The molecule has 1 rings (SSSR count). The minimum Gasteiger partial charge on any atom is -0.359 e. The first kappa shape index (κ1) is 15.2. The van der Waals surface area contributed by atoms with Crippen LogP contribution >= 0.6 is 12.2 Å². The van der Waals surface area contributed by atoms with Gasteiger partial charge in [-0.1, -0.05) is 25.1 Å². The molecule has 0 radical (unpaired) electrons. The van der Waals surface area contributed by atoms with Crippen molar-refractivity contribution in [2.75, 3.05) is 18.4 Å². The van der Waals surface area contributed by atoms with Gasteiger partial charge in [0.15, 0.2) is 5.11 Å². The van der Waals surface area contributed by atoms with E-state index in [9.17, 15) is 4.79 Å². The summed E-state index contributed by atoms with van der Waals surface area (Å²) < 4.78 is 0. The monoisotopic (exact) mass is 277 g/mol. The van der Waals surface area contributed by atoms with Gasteiger partial charge in [-0.3, -0.25) is 4.79 Å². The molecule has 0 spiro atoms. The summed E-state index contributed by atoms with van der Waals surface area (Å²) in [4.78, 5) is 12.0. The standard InChI is InChI=1S/C14H19N3OS/c1-3-9-15-13(18)11-7-5-6-8-12(11)17-14(19)16-10-4-2/h4-8H,2-3,9-10H2,1H3,(H,15,18)(H2,16,17,19). The number of anilines is 1. The van der Waals surface area contributed by atoms with Crippen LogP contribution in [0.1, 0.15) is 23.7 Å². The van der Waals surface area contributed by atoms with Crippen LogP contribution in [0.25, 0.3) is 0 Å². The number of nitrogens with one attached hydrogen (secondary N) is 3. The maximum absolute atomic E-state index is 12.0. The van der Waals surface area contributed by atoms with Crippen molar-refractivity contribution in [3.63, 3.8) is 0 Å². The highest BCUT2D eigenvalue weighted by atomic mass is 32.1. The fourth-order valence-corrected chi connectivity index (χ4v) is 1.65. The van der Waals surface area contributed by atoms with Gasteiger partial charge in [-0.15, -0.1) is 6.58 Å². The Morgan fingerprint density at radius 2 is 2.11 bits per heavy atom. The summed E-state index contributed by atoms with van der Waals surface area (Å²) in [6.07, 6.45) is 2.62. The minimum atomic E-state index is -0.100. The summed E-state index contributed by atoms with van der Waals surface area (Å²) in [7, 11) is 0. The maximum atomic E-state index is 12.0. The summed E-state index contributed by atoms with van der Waals surface area (Å²) in [5, 5.41) is 9.29. The lowest BCUT2D eigenvalue weighted by molar-refractivity contribution is 0.0954. The summed E-state index contributed by atoms with van der Waals surface area (Å²) in [5.41, 5.74) is 1.27. The third kappa shape index (κ3) is 5.09. The number of amides is 1. The normalized spacial score (nSPS) is 9.53. The maximum Gasteiger partial charge on any atom is 0.253 e. The molecule has 0 fully saturated rings. The molecule has 5 heteroatoms. The molecule has 19 heavy (non-hydrogen) atoms. The van der Waals surface area contributed by atoms with E-state index in [1.165, 1.54) is 0 Å². The number of para-hydroxylation sites is 1. The molecular weight excluding hydrogens is 258 g/mol. The fourth-order valence-electron chi connectivity index (χ4n) is 1.46. The van der Waals surface area contributed by atoms with Crippen LogP contribution < -0.4 is 16.0 Å². The largest absolute Gasteiger partial charge is 0.359 e. The predicted octanol–water partition coefficient (Wildman–Crippen LogP) is 2.30. The molecular formula is C14H19N3OS. The second-order valence-corrected chi connectivity index (χ2v) is 4.33. The van der Waals surface area contributed by atoms with Crippen LogP contribution in [-0.4, -0.2) is 24.1 Å². The topological polar surface area (TPSA) is 53.2 Å². The second kappa shape index (κ2) is 8.26. The van der Waals surface area contributed by atoms with Crippen LogP contribution in [0, 0.1) is 0 Å². The molecule has 1 amide bonds. The van der Waals surface area contributed by atoms with Gasteiger partial charge < -0.3 is 16.0 Å². The molecule has 0 atom stereocenters. The molecule has 0 bridgehead atoms. The van der Waals surface area contributed by atoms with Gasteiger partial charge in [0.05, 0.1) is 11.3 Å². The molecule has 1 aromatic carbocycles. The van der Waals surface area contributed by atoms with Crippen molar-refractivity contribution in [1.82, 2.24) is 10.6 Å². The second-order valence-electron chi connectivity index (χ2n) is 3.93. The van der Waals surface area contributed by atoms with Crippen molar-refractivity contribution >= 4 is 28.9 Å². The molecule has 0 saturated carbocycles. The highest BCUT2D eigenvalue weighted by Gasteiger charge is 2.10. The van der Waals surface area contributed by atoms with Crippen LogP contribution in [-0.2, 0) is 0 Å². The molecule has 0 saturated heterocycles. The molecule has 1 aromatic rings. The average molecular weight is 277 g/mol. The fraction of sp³-hybridized carbons (Fsp3) is 0.286. The van der Waals surface area contributed by atoms with Crippen molar-refractivity contribution in [1.29, 1.82) is 0 Å². The molecule has 0 aliphatic heterocycles. The number of hydrogen-bond acceptors (Lipinski definition) is 2. The van der Waals surface area contributed by atoms with E-state index in [0.717, 1.165) is 6.42 Å². The number of thiocarbonyl (C=S) groups is 1. The van der Waals surface area contributed by atoms with E-state index in [-0.39, 0.29) is 5.91 Å². The Kier molecular flexibility index (Phi) is 6.60. The molecule has 0 aliphatic rings. The van der Waals surface area contributed by atoms with Crippen LogP contribution in [0.3, 0.4) is 0 Å². The van der Waals surface area contributed by atoms with Gasteiger partial charge >= 0.3 is 0 Å². The summed E-state index contributed by atoms with van der Waals surface area (Å²) in [6.45, 7) is 6.86. The van der Waals surface area contributed by atoms with Gasteiger partial charge in [-0.25, -0.2) is 0 Å². The smallest absolute Gasteiger partial charge is 0.253 e. The number of carbonyl (C=O) groups is 1. The van der Waals surface area contributed by atoms with Crippen LogP contribution in [0.2, 0.25) is 0 Å². The number of hydrogen-bond donors (Lipinski definition) is 3. The molecule has 102 valence electrons. The van der Waals surface area contributed by atoms with Crippen LogP contribution in [0.15, 0.2) is 36.9 Å². The van der Waals surface area contributed by atoms with Crippen molar-refractivity contribution in [3.05, 3.63) is 42.5 Å². The first-order chi connectivity index (χ1) is 9.19. The zero-order chi connectivity index (χ0) is 14.1. The van der Waals surface area contributed by atoms with Crippen molar-refractivity contribution in [2.45, 2.75) is 13.3 Å². The summed E-state index contributed by atoms with van der Waals surface area (Å²) >= 11 is 5.13. The Hall–Kier alpha value is -1.88. The lowest BCUT2D eigenvalue weighted by atomic mass is 10.1. The van der Waals surface area contributed by atoms with Gasteiger partial charge in [-0.05, 0) is 30.8 Å². The van der Waals surface area contributed by atoms with E-state index >= 15 is 0 Å². The molecule has 0 aliphatic carbocycles. The van der Waals surface area contributed by atoms with E-state index in [0.29, 0.717) is 29.5 Å². The Balaban J connectivity index is 2.75. The number of rotatable bonds is 6. The lowest BCUT2D eigenvalue weighted by Crippen LogP contribution is -2.30. The zero-order valence-electron chi connectivity index (χ0n) is 11.0. The average Bonchev–Trinajstić information content (AvgIpc) is 2.43. The number of benzene rings is 1. The zero-order valence-corrected chi connectivity index (χ0v) is 11.8. The number of carbonyl (C=O) groups excluding carboxylic acids is 1. The SMILES string of the molecule is C=CCNC(=S)Nc1ccccc1C(=O)NCCC. The van der Waals surface area contributed by atoms with E-state index < -0.39 is 0 Å². The summed E-state index contributed by atoms with van der Waals surface area (Å²) in [5.74, 6) is -0.100. The third-order valence-corrected chi connectivity index (χ3v) is 2.61. The van der Waals surface area contributed by atoms with Crippen LogP contribution in [0.4, 0.5) is 5.69 Å². The first-order valence-electron chi connectivity index (χ1n) is 6.22. The highest BCUT2D eigenvalue weighted by Crippen LogP contribution is 2.14. The third-order valence-electron chi connectivity index (χ3n) is 2.36. The molecule has 0 aromatic heterocycles. The van der Waals surface area contributed by atoms with Gasteiger partial charge in [0.2, 0.25) is 0 Å². The quantitative estimate of drug-likeness (QED) is 0.552. The molecule has 0 unspecified atom stereocenters. The van der Waals surface area contributed by atoms with Gasteiger partial charge in [0, 0.05) is 13.1 Å². The van der Waals surface area contributed by atoms with Crippen molar-refractivity contribution < 1.29 is 4.79 Å². The lowest BCUT2D eigenvalue weighted by Gasteiger charge is -2.13. The molecule has 4 nitrogen and oxygen atoms in total. The molecule has 3 N–H and O–H groups in total. The Bertz CT molecular complexity index is 460. The molecule has 0 heterocycles. The Morgan fingerprint density at radius 1 is 1.37 bits per heavy atom. The minimum absolute atomic E-state index is 0.100. The Labute approximate surface area is 119 Å². The van der Waals surface area contributed by atoms with Gasteiger partial charge in [0.25, 0.3) is 5.91 Å². The predicted molar refractivity (Wildman–Crippen MR) is 83.5 cm³/mol. The Morgan fingerprint density at radius 3 is 2.79 bits per heavy atom. The van der Waals surface area contributed by atoms with Gasteiger partial charge in [-0.2, -0.15) is 0 Å². The van der Waals surface area contributed by atoms with E-state index in [1.807, 2.05) is 25.1 Å². The van der Waals surface area contributed by atoms with Crippen LogP contribution in [0.5, 0.6) is 0 Å². The summed E-state index contributed by atoms with van der Waals surface area (Å²) in [6, 6.07) is 7.27. The van der Waals surface area contributed by atoms with E-state index in [2.05, 4.69) is 22.5 Å².